The van der Waals surface area contributed by atoms with Gasteiger partial charge in [-0.05, 0) is 25.1 Å². The van der Waals surface area contributed by atoms with Crippen LogP contribution in [0.2, 0.25) is 5.02 Å². The maximum absolute atomic E-state index is 12.7. The third-order valence-electron chi connectivity index (χ3n) is 6.23. The van der Waals surface area contributed by atoms with E-state index in [4.69, 9.17) is 21.6 Å². The quantitative estimate of drug-likeness (QED) is 0.290. The van der Waals surface area contributed by atoms with Gasteiger partial charge in [-0.15, -0.1) is 0 Å². The summed E-state index contributed by atoms with van der Waals surface area (Å²) in [5.41, 5.74) is 5.13. The van der Waals surface area contributed by atoms with E-state index in [0.29, 0.717) is 44.5 Å². The second kappa shape index (κ2) is 9.93. The molecule has 9 nitrogen and oxygen atoms in total. The number of fused-ring (bicyclic) bond motifs is 2. The standard InChI is InChI=1S/C29H19ClN8O/c1-16(23-15-32-14-20(13-31)35-23)34-22-12-24(39)36-29-28(22)37-27(26(38-29)17-6-3-2-4-7-17)19-10-18-8-5-9-33-25(18)21(30)11-19/h2-12,14-16H,1H3,(H2,34,36,38,39). The number of nitrogens with zero attached hydrogens (tertiary/aromatic N) is 6. The largest absolute Gasteiger partial charge is 0.375 e. The summed E-state index contributed by atoms with van der Waals surface area (Å²) in [6.45, 7) is 1.86. The molecular formula is C29H19ClN8O. The second-order valence-corrected chi connectivity index (χ2v) is 9.28. The van der Waals surface area contributed by atoms with Gasteiger partial charge in [0.1, 0.15) is 11.6 Å². The molecule has 0 radical (unpaired) electrons. The molecule has 0 fully saturated rings. The highest BCUT2D eigenvalue weighted by molar-refractivity contribution is 6.35. The first-order valence-electron chi connectivity index (χ1n) is 12.0. The minimum absolute atomic E-state index is 0.203. The number of hydrogen-bond acceptors (Lipinski definition) is 8. The van der Waals surface area contributed by atoms with E-state index >= 15 is 0 Å². The number of rotatable bonds is 5. The Kier molecular flexibility index (Phi) is 6.15. The Morgan fingerprint density at radius 1 is 0.949 bits per heavy atom. The van der Waals surface area contributed by atoms with Crippen molar-refractivity contribution in [3.8, 4) is 28.6 Å². The van der Waals surface area contributed by atoms with Crippen LogP contribution in [-0.4, -0.2) is 29.9 Å². The molecule has 188 valence electrons. The molecule has 0 saturated carbocycles. The van der Waals surface area contributed by atoms with Gasteiger partial charge < -0.3 is 10.3 Å². The van der Waals surface area contributed by atoms with Crippen LogP contribution in [0.15, 0.2) is 84.0 Å². The Labute approximate surface area is 227 Å². The molecule has 0 aliphatic carbocycles. The first-order valence-corrected chi connectivity index (χ1v) is 12.4. The smallest absolute Gasteiger partial charge is 0.251 e. The molecule has 0 aliphatic rings. The maximum Gasteiger partial charge on any atom is 0.251 e. The zero-order valence-corrected chi connectivity index (χ0v) is 21.3. The van der Waals surface area contributed by atoms with Gasteiger partial charge >= 0.3 is 0 Å². The van der Waals surface area contributed by atoms with Crippen LogP contribution in [-0.2, 0) is 0 Å². The van der Waals surface area contributed by atoms with E-state index in [0.717, 1.165) is 16.5 Å². The molecule has 0 spiro atoms. The summed E-state index contributed by atoms with van der Waals surface area (Å²) < 4.78 is 0. The van der Waals surface area contributed by atoms with Crippen molar-refractivity contribution in [1.29, 1.82) is 5.26 Å². The predicted octanol–water partition coefficient (Wildman–Crippen LogP) is 5.69. The van der Waals surface area contributed by atoms with Gasteiger partial charge in [-0.25, -0.2) is 15.0 Å². The fourth-order valence-electron chi connectivity index (χ4n) is 4.41. The van der Waals surface area contributed by atoms with E-state index < -0.39 is 0 Å². The van der Waals surface area contributed by atoms with Crippen LogP contribution in [0.1, 0.15) is 24.4 Å². The summed E-state index contributed by atoms with van der Waals surface area (Å²) in [6.07, 6.45) is 4.67. The number of aromatic nitrogens is 6. The van der Waals surface area contributed by atoms with E-state index in [9.17, 15) is 10.1 Å². The van der Waals surface area contributed by atoms with E-state index in [1.807, 2.05) is 67.6 Å². The zero-order valence-electron chi connectivity index (χ0n) is 20.6. The monoisotopic (exact) mass is 530 g/mol. The van der Waals surface area contributed by atoms with E-state index in [2.05, 4.69) is 25.3 Å². The highest BCUT2D eigenvalue weighted by Gasteiger charge is 2.19. The van der Waals surface area contributed by atoms with Gasteiger partial charge in [0.25, 0.3) is 5.56 Å². The molecule has 10 heteroatoms. The van der Waals surface area contributed by atoms with Crippen molar-refractivity contribution in [2.45, 2.75) is 13.0 Å². The number of anilines is 1. The molecule has 0 amide bonds. The van der Waals surface area contributed by atoms with Crippen LogP contribution < -0.4 is 10.9 Å². The molecule has 39 heavy (non-hydrogen) atoms. The molecule has 0 saturated heterocycles. The molecule has 1 unspecified atom stereocenters. The summed E-state index contributed by atoms with van der Waals surface area (Å²) in [6, 6.07) is 20.3. The lowest BCUT2D eigenvalue weighted by atomic mass is 10.0. The van der Waals surface area contributed by atoms with Crippen molar-refractivity contribution >= 4 is 39.4 Å². The zero-order chi connectivity index (χ0) is 26.9. The molecule has 4 aromatic heterocycles. The lowest BCUT2D eigenvalue weighted by molar-refractivity contribution is 0.824. The Hall–Kier alpha value is -5.20. The normalized spacial score (nSPS) is 11.8. The lowest BCUT2D eigenvalue weighted by Gasteiger charge is -2.17. The summed E-state index contributed by atoms with van der Waals surface area (Å²) in [4.78, 5) is 38.2. The minimum Gasteiger partial charge on any atom is -0.375 e. The van der Waals surface area contributed by atoms with Crippen LogP contribution in [0.3, 0.4) is 0 Å². The molecule has 2 aromatic carbocycles. The average Bonchev–Trinajstić information content (AvgIpc) is 2.97. The fourth-order valence-corrected chi connectivity index (χ4v) is 4.68. The molecule has 0 aliphatic heterocycles. The highest BCUT2D eigenvalue weighted by atomic mass is 35.5. The molecule has 1 atom stereocenters. The highest BCUT2D eigenvalue weighted by Crippen LogP contribution is 2.36. The van der Waals surface area contributed by atoms with Crippen LogP contribution in [0.4, 0.5) is 5.69 Å². The summed E-state index contributed by atoms with van der Waals surface area (Å²) in [7, 11) is 0. The van der Waals surface area contributed by atoms with Gasteiger partial charge in [0.05, 0.1) is 51.7 Å². The SMILES string of the molecule is CC(Nc1cc(=O)[nH]c2nc(-c3ccccc3)c(-c3cc(Cl)c4ncccc4c3)nc12)c1cncc(C#N)n1. The van der Waals surface area contributed by atoms with Crippen molar-refractivity contribution in [2.24, 2.45) is 0 Å². The Morgan fingerprint density at radius 2 is 1.77 bits per heavy atom. The van der Waals surface area contributed by atoms with Gasteiger partial charge in [-0.2, -0.15) is 5.26 Å². The van der Waals surface area contributed by atoms with E-state index in [-0.39, 0.29) is 17.3 Å². The predicted molar refractivity (Wildman–Crippen MR) is 150 cm³/mol. The first kappa shape index (κ1) is 24.2. The molecule has 4 heterocycles. The number of nitrogens with one attached hydrogen (secondary N) is 2. The number of benzene rings is 2. The number of halogens is 1. The van der Waals surface area contributed by atoms with Crippen LogP contribution >= 0.6 is 11.6 Å². The lowest BCUT2D eigenvalue weighted by Crippen LogP contribution is -2.15. The van der Waals surface area contributed by atoms with Gasteiger partial charge in [-0.3, -0.25) is 14.8 Å². The van der Waals surface area contributed by atoms with Gasteiger partial charge in [0.2, 0.25) is 0 Å². The van der Waals surface area contributed by atoms with Crippen LogP contribution in [0, 0.1) is 11.3 Å². The van der Waals surface area contributed by atoms with Crippen molar-refractivity contribution in [2.75, 3.05) is 5.32 Å². The Balaban J connectivity index is 1.57. The van der Waals surface area contributed by atoms with E-state index in [1.54, 1.807) is 12.4 Å². The number of nitriles is 1. The third-order valence-corrected chi connectivity index (χ3v) is 6.52. The Bertz CT molecular complexity index is 1970. The van der Waals surface area contributed by atoms with Crippen molar-refractivity contribution in [3.05, 3.63) is 106 Å². The maximum atomic E-state index is 12.7. The molecule has 2 N–H and O–H groups in total. The number of hydrogen-bond donors (Lipinski definition) is 2. The molecule has 0 bridgehead atoms. The second-order valence-electron chi connectivity index (χ2n) is 8.87. The summed E-state index contributed by atoms with van der Waals surface area (Å²) in [5.74, 6) is 0. The first-order chi connectivity index (χ1) is 19.0. The van der Waals surface area contributed by atoms with Crippen molar-refractivity contribution in [3.63, 3.8) is 0 Å². The summed E-state index contributed by atoms with van der Waals surface area (Å²) in [5, 5.41) is 13.9. The number of pyridine rings is 2. The van der Waals surface area contributed by atoms with Gasteiger partial charge in [-0.1, -0.05) is 48.0 Å². The van der Waals surface area contributed by atoms with Crippen LogP contribution in [0.25, 0.3) is 44.6 Å². The molecular weight excluding hydrogens is 512 g/mol. The number of H-pyrrole nitrogens is 1. The third kappa shape index (κ3) is 4.65. The fraction of sp³-hybridized carbons (Fsp3) is 0.0690. The molecule has 6 aromatic rings. The topological polar surface area (TPSA) is 133 Å². The summed E-state index contributed by atoms with van der Waals surface area (Å²) >= 11 is 6.64. The van der Waals surface area contributed by atoms with Crippen LogP contribution in [0.5, 0.6) is 0 Å². The van der Waals surface area contributed by atoms with Gasteiger partial charge in [0, 0.05) is 28.8 Å². The number of aromatic amines is 1. The Morgan fingerprint density at radius 3 is 2.59 bits per heavy atom. The average molecular weight is 531 g/mol. The minimum atomic E-state index is -0.379. The van der Waals surface area contributed by atoms with E-state index in [1.165, 1.54) is 12.3 Å². The molecule has 6 rings (SSSR count). The van der Waals surface area contributed by atoms with Crippen molar-refractivity contribution < 1.29 is 0 Å². The van der Waals surface area contributed by atoms with Crippen molar-refractivity contribution in [1.82, 2.24) is 29.9 Å². The van der Waals surface area contributed by atoms with Gasteiger partial charge in [0.15, 0.2) is 11.3 Å².